The Kier molecular flexibility index (Phi) is 12.2. The number of hydroxylamine groups is 1. The van der Waals surface area contributed by atoms with Crippen LogP contribution in [0.15, 0.2) is 51.1 Å². The molecule has 2 aliphatic rings. The van der Waals surface area contributed by atoms with Crippen molar-refractivity contribution >= 4 is 87.0 Å². The van der Waals surface area contributed by atoms with E-state index in [-0.39, 0.29) is 52.2 Å². The summed E-state index contributed by atoms with van der Waals surface area (Å²) in [5.41, 5.74) is 9.85. The number of carbonyl (C=O) groups excluding carboxylic acids is 5. The first-order chi connectivity index (χ1) is 28.0. The minimum absolute atomic E-state index is 0.0517. The third-order valence-electron chi connectivity index (χ3n) is 8.52. The zero-order chi connectivity index (χ0) is 42.8. The van der Waals surface area contributed by atoms with Gasteiger partial charge in [0.25, 0.3) is 29.4 Å². The SMILES string of the molecule is Cc1nc2nc(CCC(=O)NO)cc(SCC3=C(C(=O)O)N4C(=O)[C@@H](NC(=O)C(=NOC(C)(C)C(=O)NNC(=O)c5ccc(O)c(O)c5)c5csc(N)n5)[C@H]4SC3)n2n1. The van der Waals surface area contributed by atoms with E-state index < -0.39 is 69.7 Å². The highest BCUT2D eigenvalue weighted by molar-refractivity contribution is 8.01. The summed E-state index contributed by atoms with van der Waals surface area (Å²) >= 11 is 3.41. The number of aromatic hydroxyl groups is 2. The third-order valence-corrected chi connectivity index (χ3v) is 11.6. The number of aliphatic carboxylic acids is 1. The van der Waals surface area contributed by atoms with E-state index in [4.69, 9.17) is 15.8 Å². The summed E-state index contributed by atoms with van der Waals surface area (Å²) in [6.45, 7) is 4.22. The van der Waals surface area contributed by atoms with Gasteiger partial charge in [0.15, 0.2) is 22.3 Å². The Labute approximate surface area is 344 Å². The van der Waals surface area contributed by atoms with Crippen LogP contribution in [-0.4, -0.2) is 120 Å². The lowest BCUT2D eigenvalue weighted by Crippen LogP contribution is -2.71. The van der Waals surface area contributed by atoms with Crippen molar-refractivity contribution in [1.82, 2.24) is 51.1 Å². The smallest absolute Gasteiger partial charge is 0.352 e. The van der Waals surface area contributed by atoms with Crippen LogP contribution in [-0.2, 0) is 35.2 Å². The maximum atomic E-state index is 13.7. The van der Waals surface area contributed by atoms with Gasteiger partial charge in [-0.3, -0.25) is 44.9 Å². The second-order valence-corrected chi connectivity index (χ2v) is 16.1. The van der Waals surface area contributed by atoms with Crippen LogP contribution in [0.1, 0.15) is 47.8 Å². The van der Waals surface area contributed by atoms with Gasteiger partial charge in [-0.15, -0.1) is 40.0 Å². The molecule has 0 radical (unpaired) electrons. The van der Waals surface area contributed by atoms with Gasteiger partial charge in [-0.05, 0) is 57.0 Å². The van der Waals surface area contributed by atoms with Gasteiger partial charge < -0.3 is 31.2 Å². The number of nitrogens with two attached hydrogens (primary N) is 1. The first kappa shape index (κ1) is 42.1. The lowest BCUT2D eigenvalue weighted by atomic mass is 10.0. The molecular weight excluding hydrogens is 837 g/mol. The van der Waals surface area contributed by atoms with Crippen LogP contribution in [0, 0.1) is 6.92 Å². The number of carbonyl (C=O) groups is 6. The average Bonchev–Trinajstić information content (AvgIpc) is 3.81. The highest BCUT2D eigenvalue weighted by Gasteiger charge is 2.54. The number of nitrogens with zero attached hydrogens (tertiary/aromatic N) is 7. The molecule has 1 fully saturated rings. The van der Waals surface area contributed by atoms with Crippen molar-refractivity contribution in [1.29, 1.82) is 0 Å². The largest absolute Gasteiger partial charge is 0.504 e. The van der Waals surface area contributed by atoms with Crippen molar-refractivity contribution in [3.05, 3.63) is 63.7 Å². The fourth-order valence-corrected chi connectivity index (χ4v) is 8.53. The number of phenols is 2. The average molecular weight is 871 g/mol. The molecule has 6 rings (SSSR count). The molecule has 0 saturated carbocycles. The van der Waals surface area contributed by atoms with Crippen LogP contribution in [0.25, 0.3) is 5.78 Å². The van der Waals surface area contributed by atoms with E-state index in [0.29, 0.717) is 22.1 Å². The van der Waals surface area contributed by atoms with E-state index in [1.165, 1.54) is 53.3 Å². The second-order valence-electron chi connectivity index (χ2n) is 13.1. The summed E-state index contributed by atoms with van der Waals surface area (Å²) < 4.78 is 1.48. The molecule has 0 unspecified atom stereocenters. The summed E-state index contributed by atoms with van der Waals surface area (Å²) in [6, 6.07) is 3.74. The number of hydrogen-bond acceptors (Lipinski definition) is 19. The van der Waals surface area contributed by atoms with Gasteiger partial charge in [-0.25, -0.2) is 20.2 Å². The molecule has 0 bridgehead atoms. The van der Waals surface area contributed by atoms with Crippen molar-refractivity contribution < 1.29 is 54.1 Å². The molecule has 0 spiro atoms. The molecule has 5 amide bonds. The number of amides is 5. The number of hydrazine groups is 1. The topological polar surface area (TPSA) is 338 Å². The van der Waals surface area contributed by atoms with E-state index >= 15 is 0 Å². The molecule has 59 heavy (non-hydrogen) atoms. The van der Waals surface area contributed by atoms with Crippen LogP contribution in [0.3, 0.4) is 0 Å². The number of thiazole rings is 1. The van der Waals surface area contributed by atoms with Gasteiger partial charge in [-0.2, -0.15) is 9.50 Å². The molecule has 26 heteroatoms. The number of benzene rings is 1. The number of hydrogen-bond donors (Lipinski definition) is 9. The number of β-lactam (4-membered cyclic amide) rings is 1. The van der Waals surface area contributed by atoms with E-state index in [1.807, 2.05) is 0 Å². The molecule has 5 heterocycles. The Balaban J connectivity index is 1.14. The maximum Gasteiger partial charge on any atom is 0.352 e. The zero-order valence-electron chi connectivity index (χ0n) is 30.9. The highest BCUT2D eigenvalue weighted by Crippen LogP contribution is 2.42. The van der Waals surface area contributed by atoms with Gasteiger partial charge in [0.1, 0.15) is 33.7 Å². The minimum Gasteiger partial charge on any atom is -0.504 e. The summed E-state index contributed by atoms with van der Waals surface area (Å²) in [5, 5.41) is 50.3. The summed E-state index contributed by atoms with van der Waals surface area (Å²) in [6.07, 6.45) is 0.125. The molecule has 1 aromatic carbocycles. The number of aromatic nitrogens is 5. The van der Waals surface area contributed by atoms with Gasteiger partial charge in [-0.1, -0.05) is 5.16 Å². The molecule has 2 aliphatic heterocycles. The Bertz CT molecular complexity index is 2450. The molecule has 0 aliphatic carbocycles. The number of thioether (sulfide) groups is 2. The normalized spacial score (nSPS) is 16.6. The Hall–Kier alpha value is -6.51. The molecule has 1 saturated heterocycles. The second kappa shape index (κ2) is 17.1. The molecule has 23 nitrogen and oxygen atoms in total. The van der Waals surface area contributed by atoms with Crippen molar-refractivity contribution in [3.8, 4) is 11.5 Å². The number of anilines is 1. The molecule has 310 valence electrons. The number of nitrogens with one attached hydrogen (secondary N) is 4. The predicted molar refractivity (Wildman–Crippen MR) is 208 cm³/mol. The van der Waals surface area contributed by atoms with Crippen LogP contribution in [0.2, 0.25) is 0 Å². The Morgan fingerprint density at radius 1 is 1.10 bits per heavy atom. The van der Waals surface area contributed by atoms with Crippen molar-refractivity contribution in [2.45, 2.75) is 55.7 Å². The number of oxime groups is 1. The van der Waals surface area contributed by atoms with E-state index in [9.17, 15) is 44.1 Å². The van der Waals surface area contributed by atoms with Gasteiger partial charge in [0.2, 0.25) is 11.5 Å². The van der Waals surface area contributed by atoms with Crippen LogP contribution in [0.4, 0.5) is 5.13 Å². The molecule has 10 N–H and O–H groups in total. The summed E-state index contributed by atoms with van der Waals surface area (Å²) in [5.74, 6) is -5.43. The standard InChI is InChI=1S/C33H34N12O11S3/c1-13-35-32-36-16(5-7-20(48)42-55)9-21(45(32)41-13)57-10-15-11-58-28-23(27(51)44(28)24(15)29(52)53)38-26(50)22(17-12-59-31(34)37-17)43-56-33(2,3)30(54)40-39-25(49)14-4-6-18(46)19(47)8-14/h4,6,8-9,12,23,28,46-47,55H,5,7,10-11H2,1-3H3,(H2,34,37)(H,38,50)(H,39,49)(H,40,54)(H,42,48)(H,52,53)/t23-,28-/m1/s1. The quantitative estimate of drug-likeness (QED) is 0.0151. The van der Waals surface area contributed by atoms with Crippen LogP contribution in [0.5, 0.6) is 11.5 Å². The first-order valence-electron chi connectivity index (χ1n) is 17.1. The Morgan fingerprint density at radius 3 is 2.54 bits per heavy atom. The number of phenolic OH excluding ortho intramolecular Hbond substituents is 2. The number of carboxylic acid groups (broad SMARTS) is 1. The summed E-state index contributed by atoms with van der Waals surface area (Å²) in [4.78, 5) is 96.3. The first-order valence-corrected chi connectivity index (χ1v) is 20.0. The van der Waals surface area contributed by atoms with E-state index in [0.717, 1.165) is 28.4 Å². The fourth-order valence-electron chi connectivity index (χ4n) is 5.48. The van der Waals surface area contributed by atoms with Crippen molar-refractivity contribution in [2.24, 2.45) is 5.16 Å². The predicted octanol–water partition coefficient (Wildman–Crippen LogP) is -0.188. The highest BCUT2D eigenvalue weighted by atomic mass is 32.2. The number of rotatable bonds is 14. The monoisotopic (exact) mass is 870 g/mol. The third kappa shape index (κ3) is 9.14. The van der Waals surface area contributed by atoms with Gasteiger partial charge in [0.05, 0.1) is 0 Å². The van der Waals surface area contributed by atoms with Gasteiger partial charge in [0, 0.05) is 34.6 Å². The van der Waals surface area contributed by atoms with E-state index in [2.05, 4.69) is 41.4 Å². The molecular formula is C33H34N12O11S3. The van der Waals surface area contributed by atoms with E-state index in [1.54, 1.807) is 18.5 Å². The number of fused-ring (bicyclic) bond motifs is 2. The molecule has 4 aromatic rings. The van der Waals surface area contributed by atoms with Crippen LogP contribution < -0.4 is 27.4 Å². The van der Waals surface area contributed by atoms with Crippen LogP contribution >= 0.6 is 34.9 Å². The van der Waals surface area contributed by atoms with Crippen molar-refractivity contribution in [3.63, 3.8) is 0 Å². The molecule has 3 aromatic heterocycles. The minimum atomic E-state index is -1.83. The lowest BCUT2D eigenvalue weighted by Gasteiger charge is -2.49. The number of carboxylic acids is 1. The Morgan fingerprint density at radius 2 is 1.86 bits per heavy atom. The zero-order valence-corrected chi connectivity index (χ0v) is 33.4. The molecule has 2 atom stereocenters. The number of aryl methyl sites for hydroxylation is 2. The summed E-state index contributed by atoms with van der Waals surface area (Å²) in [7, 11) is 0. The lowest BCUT2D eigenvalue weighted by molar-refractivity contribution is -0.150. The fraction of sp³-hybridized carbons (Fsp3) is 0.303. The van der Waals surface area contributed by atoms with Gasteiger partial charge >= 0.3 is 5.97 Å². The van der Waals surface area contributed by atoms with Crippen molar-refractivity contribution in [2.75, 3.05) is 17.2 Å². The number of nitrogen functional groups attached to an aromatic ring is 1. The maximum absolute atomic E-state index is 13.7.